The lowest BCUT2D eigenvalue weighted by atomic mass is 9.84. The maximum absolute atomic E-state index is 12.0. The van der Waals surface area contributed by atoms with Crippen LogP contribution < -0.4 is 0 Å². The molecule has 100 valence electrons. The first kappa shape index (κ1) is 13.8. The number of carbonyl (C=O) groups is 2. The van der Waals surface area contributed by atoms with Crippen molar-refractivity contribution in [2.75, 3.05) is 7.11 Å². The van der Waals surface area contributed by atoms with Gasteiger partial charge in [0, 0.05) is 10.9 Å². The maximum Gasteiger partial charge on any atom is 0.306 e. The van der Waals surface area contributed by atoms with Gasteiger partial charge in [0.25, 0.3) is 0 Å². The predicted molar refractivity (Wildman–Crippen MR) is 73.8 cm³/mol. The fourth-order valence-corrected chi connectivity index (χ4v) is 2.34. The van der Waals surface area contributed by atoms with Crippen molar-refractivity contribution in [3.63, 3.8) is 0 Å². The standard InChI is InChI=1S/C15H15ClO3/c1-19-15(18)9-12-3-2-11(8-14(12)17)10-4-6-13(16)7-5-10/h4-8,12H,2-3,9H2,1H3/t12-/m0/s1. The first-order valence-electron chi connectivity index (χ1n) is 6.17. The summed E-state index contributed by atoms with van der Waals surface area (Å²) in [4.78, 5) is 23.2. The summed E-state index contributed by atoms with van der Waals surface area (Å²) in [6, 6.07) is 7.43. The Bertz CT molecular complexity index is 517. The molecule has 0 amide bonds. The van der Waals surface area contributed by atoms with E-state index in [1.54, 1.807) is 6.08 Å². The second kappa shape index (κ2) is 6.02. The van der Waals surface area contributed by atoms with E-state index in [1.165, 1.54) is 7.11 Å². The van der Waals surface area contributed by atoms with E-state index < -0.39 is 0 Å². The van der Waals surface area contributed by atoms with Crippen molar-refractivity contribution in [3.05, 3.63) is 40.9 Å². The monoisotopic (exact) mass is 278 g/mol. The highest BCUT2D eigenvalue weighted by atomic mass is 35.5. The van der Waals surface area contributed by atoms with E-state index in [0.717, 1.165) is 17.6 Å². The fraction of sp³-hybridized carbons (Fsp3) is 0.333. The van der Waals surface area contributed by atoms with E-state index >= 15 is 0 Å². The Kier molecular flexibility index (Phi) is 4.38. The zero-order valence-corrected chi connectivity index (χ0v) is 11.4. The summed E-state index contributed by atoms with van der Waals surface area (Å²) < 4.78 is 4.60. The predicted octanol–water partition coefficient (Wildman–Crippen LogP) is 3.27. The minimum atomic E-state index is -0.332. The van der Waals surface area contributed by atoms with Crippen LogP contribution >= 0.6 is 11.6 Å². The van der Waals surface area contributed by atoms with E-state index in [4.69, 9.17) is 11.6 Å². The SMILES string of the molecule is COC(=O)C[C@@H]1CCC(c2ccc(Cl)cc2)=CC1=O. The lowest BCUT2D eigenvalue weighted by Gasteiger charge is -2.20. The Morgan fingerprint density at radius 2 is 2.05 bits per heavy atom. The summed E-state index contributed by atoms with van der Waals surface area (Å²) in [6.45, 7) is 0. The summed E-state index contributed by atoms with van der Waals surface area (Å²) in [5.74, 6) is -0.577. The number of rotatable bonds is 3. The summed E-state index contributed by atoms with van der Waals surface area (Å²) in [7, 11) is 1.34. The number of hydrogen-bond acceptors (Lipinski definition) is 3. The third-order valence-corrected chi connectivity index (χ3v) is 3.59. The average Bonchev–Trinajstić information content (AvgIpc) is 2.41. The van der Waals surface area contributed by atoms with Crippen LogP contribution in [0.25, 0.3) is 5.57 Å². The number of esters is 1. The summed E-state index contributed by atoms with van der Waals surface area (Å²) in [6.07, 6.45) is 3.28. The highest BCUT2D eigenvalue weighted by Gasteiger charge is 2.25. The van der Waals surface area contributed by atoms with Crippen molar-refractivity contribution in [1.82, 2.24) is 0 Å². The Morgan fingerprint density at radius 3 is 2.63 bits per heavy atom. The first-order chi connectivity index (χ1) is 9.10. The van der Waals surface area contributed by atoms with Gasteiger partial charge in [0.15, 0.2) is 5.78 Å². The van der Waals surface area contributed by atoms with Crippen LogP contribution in [0.5, 0.6) is 0 Å². The van der Waals surface area contributed by atoms with Crippen molar-refractivity contribution in [3.8, 4) is 0 Å². The smallest absolute Gasteiger partial charge is 0.306 e. The van der Waals surface area contributed by atoms with Gasteiger partial charge in [-0.15, -0.1) is 0 Å². The molecule has 0 saturated carbocycles. The molecular formula is C15H15ClO3. The summed E-state index contributed by atoms with van der Waals surface area (Å²) in [5.41, 5.74) is 2.01. The number of halogens is 1. The van der Waals surface area contributed by atoms with Gasteiger partial charge in [0.1, 0.15) is 0 Å². The molecule has 19 heavy (non-hydrogen) atoms. The van der Waals surface area contributed by atoms with Gasteiger partial charge in [0.05, 0.1) is 13.5 Å². The highest BCUT2D eigenvalue weighted by molar-refractivity contribution is 6.30. The molecule has 0 bridgehead atoms. The van der Waals surface area contributed by atoms with Gasteiger partial charge in [-0.25, -0.2) is 0 Å². The molecule has 1 aliphatic carbocycles. The van der Waals surface area contributed by atoms with Gasteiger partial charge >= 0.3 is 5.97 Å². The quantitative estimate of drug-likeness (QED) is 0.797. The van der Waals surface area contributed by atoms with Crippen molar-refractivity contribution < 1.29 is 14.3 Å². The maximum atomic E-state index is 12.0. The molecule has 1 aromatic rings. The molecule has 4 heteroatoms. The first-order valence-corrected chi connectivity index (χ1v) is 6.55. The summed E-state index contributed by atoms with van der Waals surface area (Å²) in [5, 5.41) is 0.676. The third-order valence-electron chi connectivity index (χ3n) is 3.34. The molecule has 0 saturated heterocycles. The van der Waals surface area contributed by atoms with Crippen LogP contribution in [-0.2, 0) is 14.3 Å². The van der Waals surface area contributed by atoms with Gasteiger partial charge in [-0.2, -0.15) is 0 Å². The topological polar surface area (TPSA) is 43.4 Å². The van der Waals surface area contributed by atoms with Crippen LogP contribution in [0.4, 0.5) is 0 Å². The Morgan fingerprint density at radius 1 is 1.37 bits per heavy atom. The van der Waals surface area contributed by atoms with Crippen LogP contribution in [0, 0.1) is 5.92 Å². The Hall–Kier alpha value is -1.61. The van der Waals surface area contributed by atoms with E-state index in [2.05, 4.69) is 4.74 Å². The molecule has 0 heterocycles. The number of hydrogen-bond donors (Lipinski definition) is 0. The lowest BCUT2D eigenvalue weighted by Crippen LogP contribution is -2.21. The largest absolute Gasteiger partial charge is 0.469 e. The van der Waals surface area contributed by atoms with Gasteiger partial charge in [-0.05, 0) is 42.2 Å². The van der Waals surface area contributed by atoms with Crippen molar-refractivity contribution in [2.24, 2.45) is 5.92 Å². The number of ketones is 1. The van der Waals surface area contributed by atoms with Gasteiger partial charge in [0.2, 0.25) is 0 Å². The molecule has 0 unspecified atom stereocenters. The lowest BCUT2D eigenvalue weighted by molar-refractivity contribution is -0.143. The molecule has 2 rings (SSSR count). The second-order valence-corrected chi connectivity index (χ2v) is 5.03. The van der Waals surface area contributed by atoms with Crippen molar-refractivity contribution in [2.45, 2.75) is 19.3 Å². The number of ether oxygens (including phenoxy) is 1. The normalized spacial score (nSPS) is 18.9. The molecule has 1 atom stereocenters. The molecule has 0 spiro atoms. The van der Waals surface area contributed by atoms with Crippen LogP contribution in [0.1, 0.15) is 24.8 Å². The highest BCUT2D eigenvalue weighted by Crippen LogP contribution is 2.30. The van der Waals surface area contributed by atoms with Crippen LogP contribution in [0.2, 0.25) is 5.02 Å². The van der Waals surface area contributed by atoms with E-state index in [1.807, 2.05) is 24.3 Å². The molecular weight excluding hydrogens is 264 g/mol. The minimum Gasteiger partial charge on any atom is -0.469 e. The number of carbonyl (C=O) groups excluding carboxylic acids is 2. The molecule has 0 fully saturated rings. The van der Waals surface area contributed by atoms with Crippen molar-refractivity contribution in [1.29, 1.82) is 0 Å². The molecule has 1 aliphatic rings. The minimum absolute atomic E-state index is 0.00148. The second-order valence-electron chi connectivity index (χ2n) is 4.59. The Balaban J connectivity index is 2.11. The van der Waals surface area contributed by atoms with E-state index in [-0.39, 0.29) is 24.1 Å². The van der Waals surface area contributed by atoms with Crippen LogP contribution in [0.3, 0.4) is 0 Å². The molecule has 0 aliphatic heterocycles. The molecule has 1 aromatic carbocycles. The van der Waals surface area contributed by atoms with Gasteiger partial charge in [-0.3, -0.25) is 9.59 Å². The van der Waals surface area contributed by atoms with Crippen molar-refractivity contribution >= 4 is 28.9 Å². The fourth-order valence-electron chi connectivity index (χ4n) is 2.21. The number of benzene rings is 1. The van der Waals surface area contributed by atoms with E-state index in [0.29, 0.717) is 11.4 Å². The van der Waals surface area contributed by atoms with Crippen LogP contribution in [0.15, 0.2) is 30.3 Å². The number of allylic oxidation sites excluding steroid dienone is 2. The average molecular weight is 279 g/mol. The third kappa shape index (κ3) is 3.44. The van der Waals surface area contributed by atoms with Gasteiger partial charge in [-0.1, -0.05) is 23.7 Å². The van der Waals surface area contributed by atoms with Gasteiger partial charge < -0.3 is 4.74 Å². The Labute approximate surface area is 117 Å². The molecule has 0 aromatic heterocycles. The molecule has 0 N–H and O–H groups in total. The molecule has 3 nitrogen and oxygen atoms in total. The summed E-state index contributed by atoms with van der Waals surface area (Å²) >= 11 is 5.84. The van der Waals surface area contributed by atoms with Crippen LogP contribution in [-0.4, -0.2) is 18.9 Å². The zero-order valence-electron chi connectivity index (χ0n) is 10.7. The number of methoxy groups -OCH3 is 1. The van der Waals surface area contributed by atoms with E-state index in [9.17, 15) is 9.59 Å². The molecule has 0 radical (unpaired) electrons. The zero-order chi connectivity index (χ0) is 13.8.